The van der Waals surface area contributed by atoms with Crippen molar-refractivity contribution in [1.29, 1.82) is 0 Å². The van der Waals surface area contributed by atoms with Gasteiger partial charge < -0.3 is 14.8 Å². The summed E-state index contributed by atoms with van der Waals surface area (Å²) in [5.41, 5.74) is -0.426. The van der Waals surface area contributed by atoms with Gasteiger partial charge >= 0.3 is 6.09 Å². The van der Waals surface area contributed by atoms with Crippen molar-refractivity contribution >= 4 is 6.09 Å². The monoisotopic (exact) mass is 300 g/mol. The average Bonchev–Trinajstić information content (AvgIpc) is 2.39. The molecule has 0 aromatic carbocycles. The Kier molecular flexibility index (Phi) is 6.08. The van der Waals surface area contributed by atoms with E-state index in [2.05, 4.69) is 10.3 Å². The first-order valence-corrected chi connectivity index (χ1v) is 6.29. The zero-order chi connectivity index (χ0) is 15.9. The number of nitrogens with one attached hydrogen (secondary N) is 1. The molecule has 0 aliphatic carbocycles. The lowest BCUT2D eigenvalue weighted by atomic mass is 10.2. The van der Waals surface area contributed by atoms with E-state index in [1.807, 2.05) is 0 Å². The minimum Gasteiger partial charge on any atom is -0.487 e. The van der Waals surface area contributed by atoms with Gasteiger partial charge in [0.15, 0.2) is 0 Å². The summed E-state index contributed by atoms with van der Waals surface area (Å²) >= 11 is 0. The van der Waals surface area contributed by atoms with Crippen LogP contribution in [0.15, 0.2) is 30.2 Å². The maximum absolute atomic E-state index is 12.7. The normalized spacial score (nSPS) is 12.0. The van der Waals surface area contributed by atoms with E-state index in [1.165, 1.54) is 12.3 Å². The molecule has 0 unspecified atom stereocenters. The molecule has 0 saturated heterocycles. The number of carbonyl (C=O) groups is 1. The predicted octanol–water partition coefficient (Wildman–Crippen LogP) is 2.98. The second kappa shape index (κ2) is 7.56. The number of amides is 1. The summed E-state index contributed by atoms with van der Waals surface area (Å²) in [5, 5.41) is 2.41. The van der Waals surface area contributed by atoms with Crippen LogP contribution in [0.2, 0.25) is 0 Å². The molecule has 0 saturated carbocycles. The standard InChI is InChI=1S/C14H18F2N2O3/c1-14(2,3)21-13(19)18-7-10(6-15)9-20-11-4-5-12(16)17-8-11/h4-6,8H,7,9H2,1-3H3,(H,18,19)/b10-6+. The number of ether oxygens (including phenoxy) is 2. The van der Waals surface area contributed by atoms with E-state index in [0.29, 0.717) is 12.1 Å². The zero-order valence-electron chi connectivity index (χ0n) is 12.2. The Hall–Kier alpha value is -2.18. The van der Waals surface area contributed by atoms with Gasteiger partial charge in [0.25, 0.3) is 0 Å². The highest BCUT2D eigenvalue weighted by Gasteiger charge is 2.16. The Labute approximate surface area is 122 Å². The van der Waals surface area contributed by atoms with Crippen molar-refractivity contribution in [3.05, 3.63) is 36.2 Å². The Morgan fingerprint density at radius 3 is 2.67 bits per heavy atom. The minimum absolute atomic E-state index is 0.0555. The number of pyridine rings is 1. The summed E-state index contributed by atoms with van der Waals surface area (Å²) in [7, 11) is 0. The fourth-order valence-electron chi connectivity index (χ4n) is 1.24. The van der Waals surface area contributed by atoms with E-state index in [9.17, 15) is 13.6 Å². The largest absolute Gasteiger partial charge is 0.487 e. The number of rotatable bonds is 5. The third kappa shape index (κ3) is 7.24. The Balaban J connectivity index is 2.39. The molecule has 0 radical (unpaired) electrons. The third-order valence-corrected chi connectivity index (χ3v) is 2.14. The molecule has 1 aromatic heterocycles. The molecule has 5 nitrogen and oxygen atoms in total. The SMILES string of the molecule is CC(C)(C)OC(=O)NC/C(=C\F)COc1ccc(F)nc1. The maximum Gasteiger partial charge on any atom is 0.407 e. The number of hydrogen-bond donors (Lipinski definition) is 1. The molecular formula is C14H18F2N2O3. The smallest absolute Gasteiger partial charge is 0.407 e. The summed E-state index contributed by atoms with van der Waals surface area (Å²) in [6.45, 7) is 5.02. The molecule has 7 heteroatoms. The highest BCUT2D eigenvalue weighted by Crippen LogP contribution is 2.10. The molecule has 0 spiro atoms. The van der Waals surface area contributed by atoms with Crippen molar-refractivity contribution in [2.45, 2.75) is 26.4 Å². The number of nitrogens with zero attached hydrogens (tertiary/aromatic N) is 1. The van der Waals surface area contributed by atoms with Gasteiger partial charge in [0.2, 0.25) is 5.95 Å². The first-order chi connectivity index (χ1) is 9.80. The minimum atomic E-state index is -0.648. The molecule has 116 valence electrons. The van der Waals surface area contributed by atoms with Crippen molar-refractivity contribution in [3.8, 4) is 5.75 Å². The lowest BCUT2D eigenvalue weighted by molar-refractivity contribution is 0.0531. The number of halogens is 2. The fraction of sp³-hybridized carbons (Fsp3) is 0.429. The summed E-state index contributed by atoms with van der Waals surface area (Å²) in [6, 6.07) is 2.51. The maximum atomic E-state index is 12.7. The van der Waals surface area contributed by atoms with Gasteiger partial charge in [-0.05, 0) is 32.9 Å². The van der Waals surface area contributed by atoms with E-state index in [-0.39, 0.29) is 18.7 Å². The average molecular weight is 300 g/mol. The van der Waals surface area contributed by atoms with E-state index in [4.69, 9.17) is 9.47 Å². The molecule has 0 atom stereocenters. The number of hydrogen-bond acceptors (Lipinski definition) is 4. The summed E-state index contributed by atoms with van der Waals surface area (Å²) in [4.78, 5) is 14.8. The second-order valence-corrected chi connectivity index (χ2v) is 5.23. The lowest BCUT2D eigenvalue weighted by Gasteiger charge is -2.20. The van der Waals surface area contributed by atoms with Crippen LogP contribution in [0.4, 0.5) is 13.6 Å². The van der Waals surface area contributed by atoms with Crippen molar-refractivity contribution in [2.24, 2.45) is 0 Å². The van der Waals surface area contributed by atoms with E-state index in [0.717, 1.165) is 6.07 Å². The molecular weight excluding hydrogens is 282 g/mol. The highest BCUT2D eigenvalue weighted by molar-refractivity contribution is 5.68. The van der Waals surface area contributed by atoms with Crippen LogP contribution in [-0.2, 0) is 4.74 Å². The van der Waals surface area contributed by atoms with Gasteiger partial charge in [0, 0.05) is 12.1 Å². The van der Waals surface area contributed by atoms with E-state index in [1.54, 1.807) is 20.8 Å². The lowest BCUT2D eigenvalue weighted by Crippen LogP contribution is -2.34. The summed E-state index contributed by atoms with van der Waals surface area (Å²) in [6.07, 6.45) is 0.881. The Morgan fingerprint density at radius 1 is 1.43 bits per heavy atom. The van der Waals surface area contributed by atoms with Crippen LogP contribution in [0.5, 0.6) is 5.75 Å². The van der Waals surface area contributed by atoms with Crippen molar-refractivity contribution < 1.29 is 23.0 Å². The predicted molar refractivity (Wildman–Crippen MR) is 73.1 cm³/mol. The molecule has 0 fully saturated rings. The molecule has 1 aromatic rings. The molecule has 0 bridgehead atoms. The summed E-state index contributed by atoms with van der Waals surface area (Å²) in [5.74, 6) is -0.330. The van der Waals surface area contributed by atoms with Crippen LogP contribution >= 0.6 is 0 Å². The fourth-order valence-corrected chi connectivity index (χ4v) is 1.24. The molecule has 1 amide bonds. The van der Waals surface area contributed by atoms with Crippen molar-refractivity contribution in [1.82, 2.24) is 10.3 Å². The highest BCUT2D eigenvalue weighted by atomic mass is 19.1. The van der Waals surface area contributed by atoms with Crippen LogP contribution in [-0.4, -0.2) is 29.8 Å². The van der Waals surface area contributed by atoms with Crippen molar-refractivity contribution in [3.63, 3.8) is 0 Å². The summed E-state index contributed by atoms with van der Waals surface area (Å²) < 4.78 is 35.5. The third-order valence-electron chi connectivity index (χ3n) is 2.14. The Morgan fingerprint density at radius 2 is 2.14 bits per heavy atom. The topological polar surface area (TPSA) is 60.5 Å². The van der Waals surface area contributed by atoms with E-state index < -0.39 is 17.6 Å². The quantitative estimate of drug-likeness (QED) is 0.849. The van der Waals surface area contributed by atoms with Gasteiger partial charge in [0.1, 0.15) is 18.0 Å². The molecule has 0 aliphatic rings. The molecule has 0 aliphatic heterocycles. The molecule has 21 heavy (non-hydrogen) atoms. The first kappa shape index (κ1) is 16.9. The molecule has 1 heterocycles. The van der Waals surface area contributed by atoms with Gasteiger partial charge in [-0.1, -0.05) is 0 Å². The molecule has 1 N–H and O–H groups in total. The van der Waals surface area contributed by atoms with Crippen LogP contribution in [0.3, 0.4) is 0 Å². The number of alkyl carbamates (subject to hydrolysis) is 1. The number of aromatic nitrogens is 1. The van der Waals surface area contributed by atoms with Crippen LogP contribution in [0, 0.1) is 5.95 Å². The van der Waals surface area contributed by atoms with E-state index >= 15 is 0 Å². The molecule has 1 rings (SSSR count). The van der Waals surface area contributed by atoms with Gasteiger partial charge in [-0.25, -0.2) is 14.2 Å². The van der Waals surface area contributed by atoms with Crippen LogP contribution < -0.4 is 10.1 Å². The van der Waals surface area contributed by atoms with Crippen LogP contribution in [0.1, 0.15) is 20.8 Å². The Bertz CT molecular complexity index is 496. The number of carbonyl (C=O) groups excluding carboxylic acids is 1. The van der Waals surface area contributed by atoms with Gasteiger partial charge in [-0.15, -0.1) is 0 Å². The van der Waals surface area contributed by atoms with Crippen LogP contribution in [0.25, 0.3) is 0 Å². The zero-order valence-corrected chi connectivity index (χ0v) is 12.2. The van der Waals surface area contributed by atoms with Crippen molar-refractivity contribution in [2.75, 3.05) is 13.2 Å². The van der Waals surface area contributed by atoms with Gasteiger partial charge in [-0.3, -0.25) is 0 Å². The first-order valence-electron chi connectivity index (χ1n) is 6.29. The van der Waals surface area contributed by atoms with Gasteiger partial charge in [-0.2, -0.15) is 4.39 Å². The van der Waals surface area contributed by atoms with Gasteiger partial charge in [0.05, 0.1) is 12.5 Å². The second-order valence-electron chi connectivity index (χ2n) is 5.23.